The van der Waals surface area contributed by atoms with Gasteiger partial charge in [-0.25, -0.2) is 4.79 Å². The molecule has 0 aromatic rings. The lowest BCUT2D eigenvalue weighted by Gasteiger charge is -2.38. The summed E-state index contributed by atoms with van der Waals surface area (Å²) in [7, 11) is 0. The molecule has 1 rings (SSSR count). The summed E-state index contributed by atoms with van der Waals surface area (Å²) in [6.07, 6.45) is -8.47. The number of hydrogen-bond acceptors (Lipinski definition) is 6. The van der Waals surface area contributed by atoms with Crippen LogP contribution in [-0.2, 0) is 14.3 Å². The third kappa shape index (κ3) is 4.07. The number of aliphatic hydroxyl groups is 3. The van der Waals surface area contributed by atoms with Crippen LogP contribution < -0.4 is 0 Å². The molecule has 1 aliphatic heterocycles. The van der Waals surface area contributed by atoms with Gasteiger partial charge in [0.05, 0.1) is 6.61 Å². The van der Waals surface area contributed by atoms with E-state index in [1.165, 1.54) is 0 Å². The van der Waals surface area contributed by atoms with Crippen LogP contribution in [0.4, 0.5) is 0 Å². The van der Waals surface area contributed by atoms with E-state index in [1.54, 1.807) is 0 Å². The van der Waals surface area contributed by atoms with Crippen molar-refractivity contribution in [2.45, 2.75) is 34.5 Å². The largest absolute Gasteiger partial charge is 0.479 e. The third-order valence-corrected chi connectivity index (χ3v) is 2.55. The Balaban J connectivity index is 2.70. The second-order valence-corrected chi connectivity index (χ2v) is 6.18. The van der Waals surface area contributed by atoms with Crippen molar-refractivity contribution in [1.29, 1.82) is 0 Å². The number of ether oxygens (including phenoxy) is 2. The molecule has 0 aromatic heterocycles. The van der Waals surface area contributed by atoms with Gasteiger partial charge < -0.3 is 29.9 Å². The molecule has 0 radical (unpaired) electrons. The zero-order valence-corrected chi connectivity index (χ0v) is 11.0. The van der Waals surface area contributed by atoms with E-state index in [1.807, 2.05) is 0 Å². The fourth-order valence-electron chi connectivity index (χ4n) is 1.37. The van der Waals surface area contributed by atoms with Crippen LogP contribution in [0.2, 0.25) is 0 Å². The molecular weight excluding hydrogens is 314 g/mol. The Labute approximate surface area is 117 Å². The summed E-state index contributed by atoms with van der Waals surface area (Å²) in [4.78, 5) is 10.8. The molecule has 0 aromatic carbocycles. The maximum atomic E-state index is 10.8. The van der Waals surface area contributed by atoms with Gasteiger partial charge in [0.2, 0.25) is 3.79 Å². The van der Waals surface area contributed by atoms with Crippen LogP contribution in [0.1, 0.15) is 0 Å². The van der Waals surface area contributed by atoms with Crippen molar-refractivity contribution < 1.29 is 34.7 Å². The summed E-state index contributed by atoms with van der Waals surface area (Å²) < 4.78 is 7.85. The predicted molar refractivity (Wildman–Crippen MR) is 60.6 cm³/mol. The maximum absolute atomic E-state index is 10.8. The van der Waals surface area contributed by atoms with Crippen molar-refractivity contribution >= 4 is 40.8 Å². The van der Waals surface area contributed by atoms with E-state index < -0.39 is 47.1 Å². The number of alkyl halides is 3. The highest BCUT2D eigenvalue weighted by Gasteiger charge is 2.47. The predicted octanol–water partition coefficient (Wildman–Crippen LogP) is -0.735. The van der Waals surface area contributed by atoms with Gasteiger partial charge in [0.15, 0.2) is 12.4 Å². The minimum absolute atomic E-state index is 0.492. The fourth-order valence-corrected chi connectivity index (χ4v) is 1.56. The number of carboxylic acid groups (broad SMARTS) is 1. The van der Waals surface area contributed by atoms with Crippen LogP contribution in [-0.4, -0.2) is 67.5 Å². The molecule has 0 unspecified atom stereocenters. The van der Waals surface area contributed by atoms with Crippen LogP contribution in [0.3, 0.4) is 0 Å². The summed E-state index contributed by atoms with van der Waals surface area (Å²) >= 11 is 16.2. The van der Waals surface area contributed by atoms with Crippen LogP contribution in [0.25, 0.3) is 0 Å². The first-order chi connectivity index (χ1) is 8.13. The average Bonchev–Trinajstić information content (AvgIpc) is 2.23. The van der Waals surface area contributed by atoms with E-state index in [4.69, 9.17) is 49.4 Å². The monoisotopic (exact) mass is 324 g/mol. The molecule has 1 heterocycles. The Hall–Kier alpha value is 0.140. The molecule has 10 heteroatoms. The second kappa shape index (κ2) is 6.06. The van der Waals surface area contributed by atoms with Gasteiger partial charge >= 0.3 is 5.97 Å². The van der Waals surface area contributed by atoms with Crippen molar-refractivity contribution in [3.8, 4) is 0 Å². The summed E-state index contributed by atoms with van der Waals surface area (Å²) in [5.41, 5.74) is 0. The van der Waals surface area contributed by atoms with Crippen LogP contribution in [0.5, 0.6) is 0 Å². The molecule has 0 spiro atoms. The number of carboxylic acids is 1. The van der Waals surface area contributed by atoms with Gasteiger partial charge in [0, 0.05) is 0 Å². The molecule has 1 aliphatic rings. The summed E-state index contributed by atoms with van der Waals surface area (Å²) in [5.74, 6) is -1.52. The average molecular weight is 326 g/mol. The van der Waals surface area contributed by atoms with E-state index in [9.17, 15) is 20.1 Å². The lowest BCUT2D eigenvalue weighted by atomic mass is 9.99. The van der Waals surface area contributed by atoms with E-state index in [2.05, 4.69) is 0 Å². The molecule has 1 saturated heterocycles. The smallest absolute Gasteiger partial charge is 0.335 e. The lowest BCUT2D eigenvalue weighted by molar-refractivity contribution is -0.293. The van der Waals surface area contributed by atoms with Crippen molar-refractivity contribution in [3.63, 3.8) is 0 Å². The van der Waals surface area contributed by atoms with Gasteiger partial charge in [0.1, 0.15) is 18.3 Å². The highest BCUT2D eigenvalue weighted by atomic mass is 35.6. The minimum Gasteiger partial charge on any atom is -0.479 e. The third-order valence-electron chi connectivity index (χ3n) is 2.22. The van der Waals surface area contributed by atoms with Gasteiger partial charge in [0.25, 0.3) is 0 Å². The fraction of sp³-hybridized carbons (Fsp3) is 0.875. The zero-order chi connectivity index (χ0) is 14.1. The van der Waals surface area contributed by atoms with Gasteiger partial charge in [-0.15, -0.1) is 0 Å². The molecule has 4 N–H and O–H groups in total. The minimum atomic E-state index is -1.79. The van der Waals surface area contributed by atoms with Crippen LogP contribution in [0.15, 0.2) is 0 Å². The zero-order valence-electron chi connectivity index (χ0n) is 8.74. The van der Waals surface area contributed by atoms with Crippen molar-refractivity contribution in [2.24, 2.45) is 0 Å². The van der Waals surface area contributed by atoms with Gasteiger partial charge in [-0.2, -0.15) is 0 Å². The van der Waals surface area contributed by atoms with Crippen molar-refractivity contribution in [2.75, 3.05) is 6.61 Å². The standard InChI is InChI=1S/C8H11Cl3O7/c9-8(10,11)1-17-7-4(14)2(12)3(13)5(18-7)6(15)16/h2-5,7,12-14H,1H2,(H,15,16)/t2-,3-,4+,5-,7+/m1/s1. The molecule has 18 heavy (non-hydrogen) atoms. The van der Waals surface area contributed by atoms with Crippen LogP contribution >= 0.6 is 34.8 Å². The number of rotatable bonds is 3. The highest BCUT2D eigenvalue weighted by molar-refractivity contribution is 6.67. The highest BCUT2D eigenvalue weighted by Crippen LogP contribution is 2.29. The van der Waals surface area contributed by atoms with Gasteiger partial charge in [-0.05, 0) is 0 Å². The molecular formula is C8H11Cl3O7. The first kappa shape index (κ1) is 16.2. The van der Waals surface area contributed by atoms with Gasteiger partial charge in [-0.1, -0.05) is 34.8 Å². The summed E-state index contributed by atoms with van der Waals surface area (Å²) in [6, 6.07) is 0. The number of aliphatic carboxylic acids is 1. The number of halogens is 3. The Morgan fingerprint density at radius 2 is 1.72 bits per heavy atom. The molecule has 106 valence electrons. The Morgan fingerprint density at radius 1 is 1.17 bits per heavy atom. The molecule has 0 amide bonds. The molecule has 0 saturated carbocycles. The first-order valence-electron chi connectivity index (χ1n) is 4.74. The summed E-state index contributed by atoms with van der Waals surface area (Å²) in [5, 5.41) is 37.1. The maximum Gasteiger partial charge on any atom is 0.335 e. The number of hydrogen-bond donors (Lipinski definition) is 4. The van der Waals surface area contributed by atoms with E-state index in [-0.39, 0.29) is 0 Å². The second-order valence-electron chi connectivity index (χ2n) is 3.66. The van der Waals surface area contributed by atoms with E-state index in [0.717, 1.165) is 0 Å². The van der Waals surface area contributed by atoms with E-state index in [0.29, 0.717) is 0 Å². The Kier molecular flexibility index (Phi) is 5.45. The number of aliphatic hydroxyl groups excluding tert-OH is 3. The topological polar surface area (TPSA) is 116 Å². The Bertz CT molecular complexity index is 308. The van der Waals surface area contributed by atoms with E-state index >= 15 is 0 Å². The molecule has 5 atom stereocenters. The lowest BCUT2D eigenvalue weighted by Crippen LogP contribution is -2.60. The Morgan fingerprint density at radius 3 is 2.17 bits per heavy atom. The number of carbonyl (C=O) groups is 1. The SMILES string of the molecule is O=C(O)[C@@H]1O[C@H](OCC(Cl)(Cl)Cl)[C@@H](O)[C@H](O)[C@H]1O. The molecule has 0 bridgehead atoms. The first-order valence-corrected chi connectivity index (χ1v) is 5.87. The van der Waals surface area contributed by atoms with Crippen LogP contribution in [0, 0.1) is 0 Å². The van der Waals surface area contributed by atoms with Crippen molar-refractivity contribution in [3.05, 3.63) is 0 Å². The quantitative estimate of drug-likeness (QED) is 0.505. The molecule has 1 fully saturated rings. The van der Waals surface area contributed by atoms with Crippen molar-refractivity contribution in [1.82, 2.24) is 0 Å². The normalized spacial score (nSPS) is 37.6. The molecule has 7 nitrogen and oxygen atoms in total. The summed E-state index contributed by atoms with van der Waals surface area (Å²) in [6.45, 7) is -0.492. The molecule has 0 aliphatic carbocycles. The van der Waals surface area contributed by atoms with Gasteiger partial charge in [-0.3, -0.25) is 0 Å².